The van der Waals surface area contributed by atoms with Crippen LogP contribution in [0.3, 0.4) is 0 Å². The number of amides is 1. The van der Waals surface area contributed by atoms with Gasteiger partial charge in [-0.1, -0.05) is 18.2 Å². The average molecular weight is 419 g/mol. The number of rotatable bonds is 7. The Kier molecular flexibility index (Phi) is 6.98. The van der Waals surface area contributed by atoms with Gasteiger partial charge in [0.15, 0.2) is 6.61 Å². The van der Waals surface area contributed by atoms with Gasteiger partial charge < -0.3 is 14.8 Å². The van der Waals surface area contributed by atoms with Gasteiger partial charge in [0.05, 0.1) is 18.6 Å². The van der Waals surface area contributed by atoms with Gasteiger partial charge in [0.25, 0.3) is 5.91 Å². The fourth-order valence-electron chi connectivity index (χ4n) is 3.23. The van der Waals surface area contributed by atoms with E-state index < -0.39 is 30.3 Å². The van der Waals surface area contributed by atoms with Crippen molar-refractivity contribution < 1.29 is 28.2 Å². The van der Waals surface area contributed by atoms with Crippen molar-refractivity contribution in [3.8, 4) is 0 Å². The highest BCUT2D eigenvalue weighted by Gasteiger charge is 2.27. The van der Waals surface area contributed by atoms with Gasteiger partial charge in [-0.15, -0.1) is 11.3 Å². The summed E-state index contributed by atoms with van der Waals surface area (Å²) < 4.78 is 23.7. The first-order valence-electron chi connectivity index (χ1n) is 9.50. The van der Waals surface area contributed by atoms with Crippen molar-refractivity contribution in [3.63, 3.8) is 0 Å². The standard InChI is InChI=1S/C21H22FNO5S/c1-2-27-21(26)19-14-8-4-6-10-16(14)29-20(19)23-17(24)12-28-18(25)11-13-7-3-5-9-15(13)22/h3,5,7,9H,2,4,6,8,10-12H2,1H3,(H,23,24). The molecule has 3 rings (SSSR count). The number of aryl methyl sites for hydroxylation is 1. The molecule has 1 amide bonds. The monoisotopic (exact) mass is 419 g/mol. The van der Waals surface area contributed by atoms with Crippen molar-refractivity contribution in [1.82, 2.24) is 0 Å². The van der Waals surface area contributed by atoms with Gasteiger partial charge in [0.2, 0.25) is 0 Å². The van der Waals surface area contributed by atoms with Crippen LogP contribution in [-0.2, 0) is 38.3 Å². The lowest BCUT2D eigenvalue weighted by Crippen LogP contribution is -2.22. The number of carbonyl (C=O) groups excluding carboxylic acids is 3. The third-order valence-corrected chi connectivity index (χ3v) is 5.77. The third-order valence-electron chi connectivity index (χ3n) is 4.56. The summed E-state index contributed by atoms with van der Waals surface area (Å²) in [7, 11) is 0. The number of hydrogen-bond donors (Lipinski definition) is 1. The lowest BCUT2D eigenvalue weighted by atomic mass is 9.95. The first-order chi connectivity index (χ1) is 14.0. The summed E-state index contributed by atoms with van der Waals surface area (Å²) >= 11 is 1.36. The van der Waals surface area contributed by atoms with Crippen molar-refractivity contribution in [2.24, 2.45) is 0 Å². The van der Waals surface area contributed by atoms with Gasteiger partial charge in [-0.2, -0.15) is 0 Å². The largest absolute Gasteiger partial charge is 0.462 e. The average Bonchev–Trinajstić information content (AvgIpc) is 3.06. The molecule has 1 aromatic carbocycles. The molecule has 0 saturated carbocycles. The molecule has 6 nitrogen and oxygen atoms in total. The fourth-order valence-corrected chi connectivity index (χ4v) is 4.52. The summed E-state index contributed by atoms with van der Waals surface area (Å²) in [5, 5.41) is 3.09. The Labute approximate surface area is 172 Å². The number of benzene rings is 1. The van der Waals surface area contributed by atoms with E-state index in [9.17, 15) is 18.8 Å². The summed E-state index contributed by atoms with van der Waals surface area (Å²) in [4.78, 5) is 37.6. The van der Waals surface area contributed by atoms with Crippen LogP contribution in [0.5, 0.6) is 0 Å². The fraction of sp³-hybridized carbons (Fsp3) is 0.381. The van der Waals surface area contributed by atoms with Crippen LogP contribution in [0.1, 0.15) is 46.1 Å². The second-order valence-electron chi connectivity index (χ2n) is 6.61. The lowest BCUT2D eigenvalue weighted by Gasteiger charge is -2.12. The van der Waals surface area contributed by atoms with Crippen LogP contribution in [0.4, 0.5) is 9.39 Å². The third kappa shape index (κ3) is 5.20. The first kappa shape index (κ1) is 21.0. The van der Waals surface area contributed by atoms with Gasteiger partial charge in [-0.25, -0.2) is 9.18 Å². The maximum absolute atomic E-state index is 13.6. The van der Waals surface area contributed by atoms with E-state index in [1.54, 1.807) is 13.0 Å². The van der Waals surface area contributed by atoms with Crippen molar-refractivity contribution in [2.45, 2.75) is 39.0 Å². The highest BCUT2D eigenvalue weighted by molar-refractivity contribution is 7.17. The van der Waals surface area contributed by atoms with Crippen LogP contribution >= 0.6 is 11.3 Å². The van der Waals surface area contributed by atoms with Gasteiger partial charge >= 0.3 is 11.9 Å². The maximum atomic E-state index is 13.6. The summed E-state index contributed by atoms with van der Waals surface area (Å²) in [5.41, 5.74) is 1.54. The minimum absolute atomic E-state index is 0.202. The highest BCUT2D eigenvalue weighted by Crippen LogP contribution is 2.38. The second-order valence-corrected chi connectivity index (χ2v) is 7.72. The Morgan fingerprint density at radius 3 is 2.66 bits per heavy atom. The topological polar surface area (TPSA) is 81.7 Å². The molecule has 2 aromatic rings. The molecule has 154 valence electrons. The molecule has 0 unspecified atom stereocenters. The zero-order chi connectivity index (χ0) is 20.8. The number of carbonyl (C=O) groups is 3. The van der Waals surface area contributed by atoms with E-state index >= 15 is 0 Å². The minimum atomic E-state index is -0.707. The number of fused-ring (bicyclic) bond motifs is 1. The van der Waals surface area contributed by atoms with Crippen LogP contribution in [0.2, 0.25) is 0 Å². The number of anilines is 1. The normalized spacial score (nSPS) is 12.8. The van der Waals surface area contributed by atoms with E-state index in [1.165, 1.54) is 29.5 Å². The highest BCUT2D eigenvalue weighted by atomic mass is 32.1. The van der Waals surface area contributed by atoms with Gasteiger partial charge in [-0.05, 0) is 49.8 Å². The van der Waals surface area contributed by atoms with Crippen molar-refractivity contribution in [3.05, 3.63) is 51.7 Å². The molecule has 8 heteroatoms. The Morgan fingerprint density at radius 2 is 1.90 bits per heavy atom. The van der Waals surface area contributed by atoms with Crippen LogP contribution in [0.25, 0.3) is 0 Å². The Morgan fingerprint density at radius 1 is 1.14 bits per heavy atom. The van der Waals surface area contributed by atoms with Gasteiger partial charge in [-0.3, -0.25) is 9.59 Å². The number of hydrogen-bond acceptors (Lipinski definition) is 6. The molecule has 1 aliphatic rings. The number of thiophene rings is 1. The Bertz CT molecular complexity index is 924. The molecule has 0 aliphatic heterocycles. The van der Waals surface area contributed by atoms with E-state index in [0.29, 0.717) is 10.6 Å². The Balaban J connectivity index is 1.63. The zero-order valence-electron chi connectivity index (χ0n) is 16.1. The molecule has 1 aromatic heterocycles. The smallest absolute Gasteiger partial charge is 0.341 e. The SMILES string of the molecule is CCOC(=O)c1c(NC(=O)COC(=O)Cc2ccccc2F)sc2c1CCCC2. The maximum Gasteiger partial charge on any atom is 0.341 e. The summed E-state index contributed by atoms with van der Waals surface area (Å²) in [6.45, 7) is 1.45. The molecule has 29 heavy (non-hydrogen) atoms. The molecule has 0 bridgehead atoms. The molecule has 0 atom stereocenters. The number of nitrogens with one attached hydrogen (secondary N) is 1. The van der Waals surface area contributed by atoms with E-state index in [-0.39, 0.29) is 18.6 Å². The number of ether oxygens (including phenoxy) is 2. The Hall–Kier alpha value is -2.74. The quantitative estimate of drug-likeness (QED) is 0.693. The second kappa shape index (κ2) is 9.65. The molecular formula is C21H22FNO5S. The van der Waals surface area contributed by atoms with Gasteiger partial charge in [0.1, 0.15) is 10.8 Å². The van der Waals surface area contributed by atoms with E-state index in [0.717, 1.165) is 36.1 Å². The summed E-state index contributed by atoms with van der Waals surface area (Å²) in [5.74, 6) is -2.23. The summed E-state index contributed by atoms with van der Waals surface area (Å²) in [6, 6.07) is 5.89. The molecule has 0 radical (unpaired) electrons. The van der Waals surface area contributed by atoms with E-state index in [4.69, 9.17) is 9.47 Å². The molecule has 1 N–H and O–H groups in total. The van der Waals surface area contributed by atoms with Crippen LogP contribution < -0.4 is 5.32 Å². The van der Waals surface area contributed by atoms with E-state index in [2.05, 4.69) is 5.32 Å². The van der Waals surface area contributed by atoms with Crippen LogP contribution in [-0.4, -0.2) is 31.1 Å². The minimum Gasteiger partial charge on any atom is -0.462 e. The predicted octanol–water partition coefficient (Wildman–Crippen LogP) is 3.67. The molecule has 1 aliphatic carbocycles. The van der Waals surface area contributed by atoms with Gasteiger partial charge in [0, 0.05) is 4.88 Å². The molecular weight excluding hydrogens is 397 g/mol. The van der Waals surface area contributed by atoms with Crippen molar-refractivity contribution in [1.29, 1.82) is 0 Å². The number of esters is 2. The zero-order valence-corrected chi connectivity index (χ0v) is 16.9. The molecule has 0 spiro atoms. The predicted molar refractivity (Wildman–Crippen MR) is 107 cm³/mol. The first-order valence-corrected chi connectivity index (χ1v) is 10.3. The van der Waals surface area contributed by atoms with Crippen molar-refractivity contribution >= 4 is 34.2 Å². The lowest BCUT2D eigenvalue weighted by molar-refractivity contribution is -0.146. The molecule has 1 heterocycles. The molecule has 0 saturated heterocycles. The van der Waals surface area contributed by atoms with Crippen LogP contribution in [0.15, 0.2) is 24.3 Å². The summed E-state index contributed by atoms with van der Waals surface area (Å²) in [6.07, 6.45) is 3.39. The number of halogens is 1. The van der Waals surface area contributed by atoms with E-state index in [1.807, 2.05) is 0 Å². The molecule has 0 fully saturated rings. The van der Waals surface area contributed by atoms with Crippen molar-refractivity contribution in [2.75, 3.05) is 18.5 Å². The van der Waals surface area contributed by atoms with Crippen LogP contribution in [0, 0.1) is 5.82 Å².